The Hall–Kier alpha value is -2.14. The third-order valence-electron chi connectivity index (χ3n) is 5.03. The van der Waals surface area contributed by atoms with E-state index in [0.29, 0.717) is 19.0 Å². The predicted molar refractivity (Wildman–Crippen MR) is 98.9 cm³/mol. The average Bonchev–Trinajstić information content (AvgIpc) is 3.01. The Balaban J connectivity index is 1.57. The molecule has 1 aliphatic heterocycles. The van der Waals surface area contributed by atoms with Crippen molar-refractivity contribution in [1.82, 2.24) is 20.0 Å². The molecule has 1 fully saturated rings. The maximum absolute atomic E-state index is 12.2. The van der Waals surface area contributed by atoms with Gasteiger partial charge in [-0.1, -0.05) is 30.7 Å². The van der Waals surface area contributed by atoms with Crippen molar-refractivity contribution in [3.63, 3.8) is 0 Å². The Labute approximate surface area is 150 Å². The van der Waals surface area contributed by atoms with Crippen molar-refractivity contribution >= 4 is 5.91 Å². The molecule has 25 heavy (non-hydrogen) atoms. The molecular formula is C20H28N4O. The smallest absolute Gasteiger partial charge is 0.224 e. The summed E-state index contributed by atoms with van der Waals surface area (Å²) < 4.78 is 1.72. The number of likely N-dealkylation sites (tertiary alicyclic amines) is 1. The summed E-state index contributed by atoms with van der Waals surface area (Å²) >= 11 is 0. The number of hydrogen-bond acceptors (Lipinski definition) is 3. The molecule has 1 unspecified atom stereocenters. The molecule has 1 aromatic carbocycles. The summed E-state index contributed by atoms with van der Waals surface area (Å²) in [4.78, 5) is 14.7. The molecular weight excluding hydrogens is 312 g/mol. The van der Waals surface area contributed by atoms with Crippen LogP contribution in [0.2, 0.25) is 0 Å². The van der Waals surface area contributed by atoms with Gasteiger partial charge in [0, 0.05) is 32.4 Å². The number of nitrogens with zero attached hydrogens (tertiary/aromatic N) is 3. The molecule has 2 aromatic rings. The summed E-state index contributed by atoms with van der Waals surface area (Å²) in [6.45, 7) is 5.04. The van der Waals surface area contributed by atoms with E-state index in [9.17, 15) is 4.79 Å². The molecule has 0 spiro atoms. The van der Waals surface area contributed by atoms with Crippen molar-refractivity contribution in [3.8, 4) is 0 Å². The van der Waals surface area contributed by atoms with E-state index in [1.54, 1.807) is 10.9 Å². The fraction of sp³-hybridized carbons (Fsp3) is 0.500. The van der Waals surface area contributed by atoms with Crippen LogP contribution in [0, 0.1) is 0 Å². The lowest BCUT2D eigenvalue weighted by atomic mass is 10.0. The maximum Gasteiger partial charge on any atom is 0.224 e. The van der Waals surface area contributed by atoms with E-state index in [4.69, 9.17) is 0 Å². The Bertz CT molecular complexity index is 709. The molecule has 1 aromatic heterocycles. The van der Waals surface area contributed by atoms with Crippen LogP contribution in [-0.4, -0.2) is 33.2 Å². The van der Waals surface area contributed by atoms with Crippen molar-refractivity contribution in [2.45, 2.75) is 51.7 Å². The molecule has 0 radical (unpaired) electrons. The standard InChI is InChI=1S/C20H28N4O/c1-16-7-5-6-10-24(16)15-19-9-4-3-8-18(19)13-21-20(25)11-17-12-22-23(2)14-17/h3-4,8-9,12,14,16H,5-7,10-11,13,15H2,1-2H3,(H,21,25). The number of nitrogens with one attached hydrogen (secondary N) is 1. The lowest BCUT2D eigenvalue weighted by Crippen LogP contribution is -2.37. The fourth-order valence-corrected chi connectivity index (χ4v) is 3.50. The Morgan fingerprint density at radius 1 is 1.28 bits per heavy atom. The molecule has 3 rings (SSSR count). The minimum Gasteiger partial charge on any atom is -0.352 e. The summed E-state index contributed by atoms with van der Waals surface area (Å²) in [5.41, 5.74) is 3.47. The highest BCUT2D eigenvalue weighted by atomic mass is 16.1. The van der Waals surface area contributed by atoms with E-state index >= 15 is 0 Å². The van der Waals surface area contributed by atoms with Gasteiger partial charge in [-0.25, -0.2) is 0 Å². The largest absolute Gasteiger partial charge is 0.352 e. The summed E-state index contributed by atoms with van der Waals surface area (Å²) in [5.74, 6) is 0.0362. The molecule has 0 aliphatic carbocycles. The number of aromatic nitrogens is 2. The molecule has 2 heterocycles. The summed E-state index contributed by atoms with van der Waals surface area (Å²) in [7, 11) is 1.86. The summed E-state index contributed by atoms with van der Waals surface area (Å²) in [6.07, 6.45) is 7.90. The third kappa shape index (κ3) is 4.92. The first-order chi connectivity index (χ1) is 12.1. The molecule has 1 aliphatic rings. The molecule has 0 saturated carbocycles. The second-order valence-corrected chi connectivity index (χ2v) is 7.06. The van der Waals surface area contributed by atoms with Crippen LogP contribution in [-0.2, 0) is 31.4 Å². The van der Waals surface area contributed by atoms with E-state index in [-0.39, 0.29) is 5.91 Å². The molecule has 1 amide bonds. The van der Waals surface area contributed by atoms with E-state index < -0.39 is 0 Å². The van der Waals surface area contributed by atoms with Crippen LogP contribution >= 0.6 is 0 Å². The number of piperidine rings is 1. The number of carbonyl (C=O) groups excluding carboxylic acids is 1. The summed E-state index contributed by atoms with van der Waals surface area (Å²) in [6, 6.07) is 9.08. The fourth-order valence-electron chi connectivity index (χ4n) is 3.50. The molecule has 134 valence electrons. The van der Waals surface area contributed by atoms with Gasteiger partial charge in [-0.05, 0) is 43.0 Å². The van der Waals surface area contributed by atoms with Gasteiger partial charge < -0.3 is 5.32 Å². The Morgan fingerprint density at radius 2 is 2.08 bits per heavy atom. The average molecular weight is 340 g/mol. The van der Waals surface area contributed by atoms with E-state index in [0.717, 1.165) is 12.1 Å². The highest BCUT2D eigenvalue weighted by molar-refractivity contribution is 5.78. The maximum atomic E-state index is 12.2. The number of amides is 1. The van der Waals surface area contributed by atoms with Crippen LogP contribution < -0.4 is 5.32 Å². The Morgan fingerprint density at radius 3 is 2.80 bits per heavy atom. The van der Waals surface area contributed by atoms with Crippen molar-refractivity contribution in [3.05, 3.63) is 53.3 Å². The lowest BCUT2D eigenvalue weighted by Gasteiger charge is -2.33. The first-order valence-electron chi connectivity index (χ1n) is 9.17. The number of hydrogen-bond donors (Lipinski definition) is 1. The molecule has 0 bridgehead atoms. The quantitative estimate of drug-likeness (QED) is 0.879. The van der Waals surface area contributed by atoms with Gasteiger partial charge >= 0.3 is 0 Å². The van der Waals surface area contributed by atoms with Gasteiger partial charge in [0.1, 0.15) is 0 Å². The van der Waals surface area contributed by atoms with Crippen LogP contribution in [0.15, 0.2) is 36.7 Å². The SMILES string of the molecule is CC1CCCCN1Cc1ccccc1CNC(=O)Cc1cnn(C)c1. The van der Waals surface area contributed by atoms with Gasteiger partial charge in [0.15, 0.2) is 0 Å². The molecule has 1 N–H and O–H groups in total. The highest BCUT2D eigenvalue weighted by Gasteiger charge is 2.19. The van der Waals surface area contributed by atoms with Crippen LogP contribution in [0.3, 0.4) is 0 Å². The summed E-state index contributed by atoms with van der Waals surface area (Å²) in [5, 5.41) is 7.16. The zero-order chi connectivity index (χ0) is 17.6. The van der Waals surface area contributed by atoms with Gasteiger partial charge in [-0.3, -0.25) is 14.4 Å². The van der Waals surface area contributed by atoms with Crippen molar-refractivity contribution in [2.75, 3.05) is 6.54 Å². The van der Waals surface area contributed by atoms with Crippen molar-refractivity contribution < 1.29 is 4.79 Å². The number of benzene rings is 1. The van der Waals surface area contributed by atoms with Gasteiger partial charge in [-0.15, -0.1) is 0 Å². The number of rotatable bonds is 6. The molecule has 5 heteroatoms. The first kappa shape index (κ1) is 17.7. The van der Waals surface area contributed by atoms with Gasteiger partial charge in [-0.2, -0.15) is 5.10 Å². The molecule has 1 saturated heterocycles. The third-order valence-corrected chi connectivity index (χ3v) is 5.03. The second kappa shape index (κ2) is 8.30. The van der Waals surface area contributed by atoms with Crippen LogP contribution in [0.1, 0.15) is 42.9 Å². The van der Waals surface area contributed by atoms with E-state index in [1.165, 1.54) is 36.9 Å². The zero-order valence-corrected chi connectivity index (χ0v) is 15.2. The predicted octanol–water partition coefficient (Wildman–Crippen LogP) is 2.65. The van der Waals surface area contributed by atoms with Crippen molar-refractivity contribution in [2.24, 2.45) is 7.05 Å². The van der Waals surface area contributed by atoms with E-state index in [1.807, 2.05) is 19.3 Å². The van der Waals surface area contributed by atoms with E-state index in [2.05, 4.69) is 40.4 Å². The van der Waals surface area contributed by atoms with Gasteiger partial charge in [0.2, 0.25) is 5.91 Å². The van der Waals surface area contributed by atoms with Crippen LogP contribution in [0.5, 0.6) is 0 Å². The van der Waals surface area contributed by atoms with Crippen LogP contribution in [0.4, 0.5) is 0 Å². The zero-order valence-electron chi connectivity index (χ0n) is 15.2. The monoisotopic (exact) mass is 340 g/mol. The minimum atomic E-state index is 0.0362. The van der Waals surface area contributed by atoms with Gasteiger partial charge in [0.05, 0.1) is 12.6 Å². The number of aryl methyl sites for hydroxylation is 1. The highest BCUT2D eigenvalue weighted by Crippen LogP contribution is 2.20. The van der Waals surface area contributed by atoms with Crippen molar-refractivity contribution in [1.29, 1.82) is 0 Å². The van der Waals surface area contributed by atoms with Gasteiger partial charge in [0.25, 0.3) is 0 Å². The molecule has 1 atom stereocenters. The minimum absolute atomic E-state index is 0.0362. The topological polar surface area (TPSA) is 50.2 Å². The Kier molecular flexibility index (Phi) is 5.87. The van der Waals surface area contributed by atoms with Crippen LogP contribution in [0.25, 0.3) is 0 Å². The normalized spacial score (nSPS) is 18.2. The molecule has 5 nitrogen and oxygen atoms in total. The number of carbonyl (C=O) groups is 1. The first-order valence-corrected chi connectivity index (χ1v) is 9.17. The lowest BCUT2D eigenvalue weighted by molar-refractivity contribution is -0.120. The second-order valence-electron chi connectivity index (χ2n) is 7.06.